The zero-order chi connectivity index (χ0) is 18.5. The average molecular weight is 352 g/mol. The molecule has 0 atom stereocenters. The Labute approximate surface area is 153 Å². The largest absolute Gasteiger partial charge is 0.478 e. The molecule has 0 saturated carbocycles. The fraction of sp³-hybridized carbons (Fsp3) is 0.333. The Morgan fingerprint density at radius 1 is 1.08 bits per heavy atom. The minimum atomic E-state index is -0.969. The van der Waals surface area contributed by atoms with Gasteiger partial charge in [-0.1, -0.05) is 24.3 Å². The summed E-state index contributed by atoms with van der Waals surface area (Å²) in [5, 5.41) is 11.8. The monoisotopic (exact) mass is 352 g/mol. The molecule has 0 aromatic heterocycles. The van der Waals surface area contributed by atoms with Crippen LogP contribution in [0.5, 0.6) is 0 Å². The highest BCUT2D eigenvalue weighted by Gasteiger charge is 2.25. The Morgan fingerprint density at radius 3 is 2.35 bits per heavy atom. The normalized spacial score (nSPS) is 15.6. The van der Waals surface area contributed by atoms with Gasteiger partial charge in [0.15, 0.2) is 0 Å². The van der Waals surface area contributed by atoms with Crippen molar-refractivity contribution in [3.8, 4) is 0 Å². The number of amides is 1. The van der Waals surface area contributed by atoms with E-state index >= 15 is 0 Å². The zero-order valence-electron chi connectivity index (χ0n) is 14.9. The molecule has 5 heteroatoms. The van der Waals surface area contributed by atoms with Gasteiger partial charge in [-0.05, 0) is 68.2 Å². The Bertz CT molecular complexity index is 778. The second kappa shape index (κ2) is 8.15. The number of piperidine rings is 1. The predicted octanol–water partition coefficient (Wildman–Crippen LogP) is 3.54. The molecule has 3 rings (SSSR count). The summed E-state index contributed by atoms with van der Waals surface area (Å²) in [5.74, 6) is -0.949. The number of anilines is 1. The van der Waals surface area contributed by atoms with E-state index in [2.05, 4.69) is 41.4 Å². The molecule has 0 radical (unpaired) electrons. The van der Waals surface area contributed by atoms with Crippen LogP contribution in [0.25, 0.3) is 0 Å². The molecule has 2 aromatic carbocycles. The summed E-state index contributed by atoms with van der Waals surface area (Å²) in [6.45, 7) is 4.87. The van der Waals surface area contributed by atoms with Gasteiger partial charge >= 0.3 is 5.97 Å². The molecular formula is C21H24N2O3. The standard InChI is InChI=1S/C21H24N2O3/c1-15-4-2-3-5-18(15)14-23-12-10-16(11-13-23)20(24)22-19-8-6-17(7-9-19)21(25)26/h2-9,16H,10-14H2,1H3,(H,22,24)(H,25,26). The van der Waals surface area contributed by atoms with Crippen LogP contribution in [0.3, 0.4) is 0 Å². The molecule has 1 amide bonds. The molecule has 0 unspecified atom stereocenters. The zero-order valence-corrected chi connectivity index (χ0v) is 14.9. The van der Waals surface area contributed by atoms with Crippen LogP contribution in [0.2, 0.25) is 0 Å². The van der Waals surface area contributed by atoms with Gasteiger partial charge in [-0.3, -0.25) is 9.69 Å². The van der Waals surface area contributed by atoms with Crippen molar-refractivity contribution in [2.24, 2.45) is 5.92 Å². The van der Waals surface area contributed by atoms with Gasteiger partial charge < -0.3 is 10.4 Å². The lowest BCUT2D eigenvalue weighted by Crippen LogP contribution is -2.37. The summed E-state index contributed by atoms with van der Waals surface area (Å²) < 4.78 is 0. The van der Waals surface area contributed by atoms with Crippen LogP contribution in [0, 0.1) is 12.8 Å². The molecular weight excluding hydrogens is 328 g/mol. The SMILES string of the molecule is Cc1ccccc1CN1CCC(C(=O)Nc2ccc(C(=O)O)cc2)CC1. The molecule has 1 aliphatic heterocycles. The third-order valence-corrected chi connectivity index (χ3v) is 5.01. The first-order valence-electron chi connectivity index (χ1n) is 8.94. The lowest BCUT2D eigenvalue weighted by Gasteiger charge is -2.31. The highest BCUT2D eigenvalue weighted by atomic mass is 16.4. The Balaban J connectivity index is 1.50. The highest BCUT2D eigenvalue weighted by Crippen LogP contribution is 2.22. The van der Waals surface area contributed by atoms with E-state index in [1.807, 2.05) is 0 Å². The van der Waals surface area contributed by atoms with Crippen LogP contribution < -0.4 is 5.32 Å². The molecule has 1 aliphatic rings. The predicted molar refractivity (Wildman–Crippen MR) is 101 cm³/mol. The van der Waals surface area contributed by atoms with Gasteiger partial charge in [0.1, 0.15) is 0 Å². The van der Waals surface area contributed by atoms with Gasteiger partial charge in [0.2, 0.25) is 5.91 Å². The quantitative estimate of drug-likeness (QED) is 0.863. The van der Waals surface area contributed by atoms with Gasteiger partial charge in [0.25, 0.3) is 0 Å². The number of carbonyl (C=O) groups excluding carboxylic acids is 1. The maximum Gasteiger partial charge on any atom is 0.335 e. The third kappa shape index (κ3) is 4.49. The number of carboxylic acids is 1. The van der Waals surface area contributed by atoms with Crippen molar-refractivity contribution in [2.45, 2.75) is 26.3 Å². The van der Waals surface area contributed by atoms with Crippen LogP contribution >= 0.6 is 0 Å². The van der Waals surface area contributed by atoms with Gasteiger partial charge in [-0.2, -0.15) is 0 Å². The number of benzene rings is 2. The summed E-state index contributed by atoms with van der Waals surface area (Å²) >= 11 is 0. The molecule has 0 bridgehead atoms. The maximum atomic E-state index is 12.5. The summed E-state index contributed by atoms with van der Waals surface area (Å²) in [5.41, 5.74) is 3.50. The number of carboxylic acid groups (broad SMARTS) is 1. The van der Waals surface area contributed by atoms with Crippen LogP contribution in [-0.2, 0) is 11.3 Å². The van der Waals surface area contributed by atoms with Crippen molar-refractivity contribution >= 4 is 17.6 Å². The van der Waals surface area contributed by atoms with Gasteiger partial charge in [-0.15, -0.1) is 0 Å². The minimum Gasteiger partial charge on any atom is -0.478 e. The molecule has 0 spiro atoms. The first-order chi connectivity index (χ1) is 12.5. The van der Waals surface area contributed by atoms with E-state index in [4.69, 9.17) is 5.11 Å². The molecule has 1 fully saturated rings. The van der Waals surface area contributed by atoms with E-state index in [1.54, 1.807) is 12.1 Å². The maximum absolute atomic E-state index is 12.5. The number of rotatable bonds is 5. The lowest BCUT2D eigenvalue weighted by atomic mass is 9.95. The van der Waals surface area contributed by atoms with E-state index in [0.29, 0.717) is 5.69 Å². The third-order valence-electron chi connectivity index (χ3n) is 5.01. The van der Waals surface area contributed by atoms with Crippen molar-refractivity contribution in [3.63, 3.8) is 0 Å². The summed E-state index contributed by atoms with van der Waals surface area (Å²) in [6, 6.07) is 14.7. The number of nitrogens with one attached hydrogen (secondary N) is 1. The smallest absolute Gasteiger partial charge is 0.335 e. The van der Waals surface area contributed by atoms with E-state index in [-0.39, 0.29) is 17.4 Å². The molecule has 2 aromatic rings. The topological polar surface area (TPSA) is 69.6 Å². The number of carbonyl (C=O) groups is 2. The van der Waals surface area contributed by atoms with Crippen LogP contribution in [-0.4, -0.2) is 35.0 Å². The summed E-state index contributed by atoms with van der Waals surface area (Å²) in [7, 11) is 0. The molecule has 1 saturated heterocycles. The van der Waals surface area contributed by atoms with Crippen molar-refractivity contribution in [1.29, 1.82) is 0 Å². The lowest BCUT2D eigenvalue weighted by molar-refractivity contribution is -0.121. The molecule has 136 valence electrons. The van der Waals surface area contributed by atoms with E-state index in [1.165, 1.54) is 23.3 Å². The minimum absolute atomic E-state index is 0.00210. The van der Waals surface area contributed by atoms with Crippen molar-refractivity contribution in [1.82, 2.24) is 4.90 Å². The number of hydrogen-bond acceptors (Lipinski definition) is 3. The van der Waals surface area contributed by atoms with E-state index in [9.17, 15) is 9.59 Å². The molecule has 1 heterocycles. The molecule has 5 nitrogen and oxygen atoms in total. The Hall–Kier alpha value is -2.66. The summed E-state index contributed by atoms with van der Waals surface area (Å²) in [6.07, 6.45) is 1.68. The number of hydrogen-bond donors (Lipinski definition) is 2. The van der Waals surface area contributed by atoms with Crippen molar-refractivity contribution in [3.05, 3.63) is 65.2 Å². The van der Waals surface area contributed by atoms with E-state index in [0.717, 1.165) is 32.5 Å². The first kappa shape index (κ1) is 18.1. The molecule has 26 heavy (non-hydrogen) atoms. The van der Waals surface area contributed by atoms with Gasteiger partial charge in [0.05, 0.1) is 5.56 Å². The fourth-order valence-electron chi connectivity index (χ4n) is 3.32. The second-order valence-corrected chi connectivity index (χ2v) is 6.85. The number of likely N-dealkylation sites (tertiary alicyclic amines) is 1. The van der Waals surface area contributed by atoms with Crippen LogP contribution in [0.4, 0.5) is 5.69 Å². The second-order valence-electron chi connectivity index (χ2n) is 6.85. The molecule has 2 N–H and O–H groups in total. The van der Waals surface area contributed by atoms with Crippen molar-refractivity contribution in [2.75, 3.05) is 18.4 Å². The van der Waals surface area contributed by atoms with Gasteiger partial charge in [0, 0.05) is 18.2 Å². The fourth-order valence-corrected chi connectivity index (χ4v) is 3.32. The number of aryl methyl sites for hydroxylation is 1. The number of nitrogens with zero attached hydrogens (tertiary/aromatic N) is 1. The Morgan fingerprint density at radius 2 is 1.73 bits per heavy atom. The van der Waals surface area contributed by atoms with Crippen LogP contribution in [0.15, 0.2) is 48.5 Å². The molecule has 0 aliphatic carbocycles. The van der Waals surface area contributed by atoms with Gasteiger partial charge in [-0.25, -0.2) is 4.79 Å². The first-order valence-corrected chi connectivity index (χ1v) is 8.94. The highest BCUT2D eigenvalue weighted by molar-refractivity contribution is 5.93. The van der Waals surface area contributed by atoms with E-state index < -0.39 is 5.97 Å². The summed E-state index contributed by atoms with van der Waals surface area (Å²) in [4.78, 5) is 25.7. The van der Waals surface area contributed by atoms with Crippen molar-refractivity contribution < 1.29 is 14.7 Å². The van der Waals surface area contributed by atoms with Crippen LogP contribution in [0.1, 0.15) is 34.3 Å². The Kier molecular flexibility index (Phi) is 5.68. The average Bonchev–Trinajstić information content (AvgIpc) is 2.64. The number of aromatic carboxylic acids is 1.